The van der Waals surface area contributed by atoms with Crippen molar-refractivity contribution in [2.24, 2.45) is 11.7 Å². The Morgan fingerprint density at radius 1 is 1.21 bits per heavy atom. The molecule has 4 N–H and O–H groups in total. The van der Waals surface area contributed by atoms with Gasteiger partial charge in [-0.05, 0) is 61.4 Å². The van der Waals surface area contributed by atoms with Gasteiger partial charge in [-0.15, -0.1) is 0 Å². The third-order valence-corrected chi connectivity index (χ3v) is 5.87. The molecule has 2 aromatic carbocycles. The fourth-order valence-corrected chi connectivity index (χ4v) is 3.78. The zero-order valence-corrected chi connectivity index (χ0v) is 17.0. The van der Waals surface area contributed by atoms with Gasteiger partial charge in [-0.3, -0.25) is 4.79 Å². The van der Waals surface area contributed by atoms with Crippen LogP contribution in [0.5, 0.6) is 0 Å². The molecule has 1 aromatic heterocycles. The molecule has 4 rings (SSSR count). The number of H-pyrrole nitrogens is 1. The van der Waals surface area contributed by atoms with Gasteiger partial charge in [-0.1, -0.05) is 24.3 Å². The number of hydrogen-bond acceptors (Lipinski definition) is 4. The average Bonchev–Trinajstić information content (AvgIpc) is 3.15. The number of benzene rings is 2. The number of nitrogens with one attached hydrogen (secondary N) is 2. The fraction of sp³-hybridized carbons (Fsp3) is 0.391. The van der Waals surface area contributed by atoms with Gasteiger partial charge in [-0.2, -0.15) is 0 Å². The lowest BCUT2D eigenvalue weighted by Gasteiger charge is -2.26. The highest BCUT2D eigenvalue weighted by Gasteiger charge is 2.26. The molecule has 6 heteroatoms. The van der Waals surface area contributed by atoms with Gasteiger partial charge >= 0.3 is 0 Å². The quantitative estimate of drug-likeness (QED) is 0.622. The number of aromatic nitrogens is 2. The van der Waals surface area contributed by atoms with Gasteiger partial charge < -0.3 is 20.8 Å². The van der Waals surface area contributed by atoms with E-state index in [9.17, 15) is 4.79 Å². The van der Waals surface area contributed by atoms with E-state index in [1.165, 1.54) is 11.1 Å². The first-order chi connectivity index (χ1) is 14.0. The molecule has 1 atom stereocenters. The van der Waals surface area contributed by atoms with Crippen molar-refractivity contribution in [3.05, 3.63) is 53.1 Å². The summed E-state index contributed by atoms with van der Waals surface area (Å²) in [5, 5.41) is 2.96. The Labute approximate surface area is 170 Å². The monoisotopic (exact) mass is 392 g/mol. The second-order valence-corrected chi connectivity index (χ2v) is 7.93. The predicted octanol–water partition coefficient (Wildman–Crippen LogP) is 3.22. The van der Waals surface area contributed by atoms with Crippen LogP contribution < -0.4 is 11.1 Å². The number of nitrogens with two attached hydrogens (primary N) is 1. The van der Waals surface area contributed by atoms with Gasteiger partial charge in [0.15, 0.2) is 0 Å². The standard InChI is InChI=1S/C23H28N4O2/c1-14-11-19-20(12-15(14)2)27-22(26-19)18-5-3-16(4-6-18)13-25-23(28)21(24)17-7-9-29-10-8-17/h3-6,11-12,17,21H,7-10,13,24H2,1-2H3,(H,25,28)(H,26,27). The van der Waals surface area contributed by atoms with E-state index in [1.54, 1.807) is 0 Å². The van der Waals surface area contributed by atoms with Crippen molar-refractivity contribution in [3.63, 3.8) is 0 Å². The fourth-order valence-electron chi connectivity index (χ4n) is 3.78. The van der Waals surface area contributed by atoms with Crippen LogP contribution in [0.25, 0.3) is 22.4 Å². The molecule has 2 heterocycles. The maximum Gasteiger partial charge on any atom is 0.237 e. The predicted molar refractivity (Wildman–Crippen MR) is 114 cm³/mol. The average molecular weight is 393 g/mol. The van der Waals surface area contributed by atoms with Crippen LogP contribution in [0.3, 0.4) is 0 Å². The number of carbonyl (C=O) groups excluding carboxylic acids is 1. The number of imidazole rings is 1. The number of carbonyl (C=O) groups is 1. The number of amides is 1. The minimum atomic E-state index is -0.472. The molecule has 29 heavy (non-hydrogen) atoms. The van der Waals surface area contributed by atoms with Crippen molar-refractivity contribution >= 4 is 16.9 Å². The summed E-state index contributed by atoms with van der Waals surface area (Å²) in [5.41, 5.74) is 12.7. The van der Waals surface area contributed by atoms with E-state index in [0.29, 0.717) is 19.8 Å². The molecule has 0 bridgehead atoms. The van der Waals surface area contributed by atoms with Crippen molar-refractivity contribution in [1.82, 2.24) is 15.3 Å². The Balaban J connectivity index is 1.39. The number of rotatable bonds is 5. The molecule has 152 valence electrons. The summed E-state index contributed by atoms with van der Waals surface area (Å²) in [4.78, 5) is 20.5. The molecular weight excluding hydrogens is 364 g/mol. The molecule has 0 radical (unpaired) electrons. The normalized spacial score (nSPS) is 16.1. The summed E-state index contributed by atoms with van der Waals surface area (Å²) in [6, 6.07) is 11.8. The van der Waals surface area contributed by atoms with E-state index in [-0.39, 0.29) is 11.8 Å². The van der Waals surface area contributed by atoms with E-state index in [0.717, 1.165) is 40.8 Å². The maximum absolute atomic E-state index is 12.4. The van der Waals surface area contributed by atoms with Crippen LogP contribution in [0.15, 0.2) is 36.4 Å². The molecule has 1 amide bonds. The molecule has 0 saturated carbocycles. The van der Waals surface area contributed by atoms with Crippen LogP contribution in [0.1, 0.15) is 29.5 Å². The Bertz CT molecular complexity index is 965. The highest BCUT2D eigenvalue weighted by atomic mass is 16.5. The molecule has 1 fully saturated rings. The van der Waals surface area contributed by atoms with E-state index in [1.807, 2.05) is 24.3 Å². The van der Waals surface area contributed by atoms with Crippen molar-refractivity contribution in [3.8, 4) is 11.4 Å². The van der Waals surface area contributed by atoms with Crippen molar-refractivity contribution in [2.75, 3.05) is 13.2 Å². The van der Waals surface area contributed by atoms with Crippen molar-refractivity contribution in [2.45, 2.75) is 39.3 Å². The Morgan fingerprint density at radius 3 is 2.62 bits per heavy atom. The number of aryl methyl sites for hydroxylation is 2. The number of ether oxygens (including phenoxy) is 1. The number of aromatic amines is 1. The largest absolute Gasteiger partial charge is 0.381 e. The first-order valence-electron chi connectivity index (χ1n) is 10.2. The molecule has 1 saturated heterocycles. The third kappa shape index (κ3) is 4.33. The molecule has 0 spiro atoms. The molecule has 3 aromatic rings. The maximum atomic E-state index is 12.4. The summed E-state index contributed by atoms with van der Waals surface area (Å²) < 4.78 is 5.34. The second kappa shape index (κ2) is 8.35. The van der Waals surface area contributed by atoms with Crippen LogP contribution >= 0.6 is 0 Å². The summed E-state index contributed by atoms with van der Waals surface area (Å²) >= 11 is 0. The molecule has 6 nitrogen and oxygen atoms in total. The summed E-state index contributed by atoms with van der Waals surface area (Å²) in [7, 11) is 0. The van der Waals surface area contributed by atoms with E-state index >= 15 is 0 Å². The minimum Gasteiger partial charge on any atom is -0.381 e. The molecule has 0 aliphatic carbocycles. The lowest BCUT2D eigenvalue weighted by molar-refractivity contribution is -0.124. The number of hydrogen-bond donors (Lipinski definition) is 3. The van der Waals surface area contributed by atoms with E-state index < -0.39 is 6.04 Å². The molecule has 1 aliphatic heterocycles. The van der Waals surface area contributed by atoms with Gasteiger partial charge in [0.25, 0.3) is 0 Å². The number of fused-ring (bicyclic) bond motifs is 1. The smallest absolute Gasteiger partial charge is 0.237 e. The lowest BCUT2D eigenvalue weighted by atomic mass is 9.92. The molecule has 1 aliphatic rings. The first kappa shape index (κ1) is 19.6. The van der Waals surface area contributed by atoms with Gasteiger partial charge in [0.1, 0.15) is 5.82 Å². The number of nitrogens with zero attached hydrogens (tertiary/aromatic N) is 1. The van der Waals surface area contributed by atoms with Crippen LogP contribution in [0.4, 0.5) is 0 Å². The SMILES string of the molecule is Cc1cc2nc(-c3ccc(CNC(=O)C(N)C4CCOCC4)cc3)[nH]c2cc1C. The van der Waals surface area contributed by atoms with Gasteiger partial charge in [0.2, 0.25) is 5.91 Å². The van der Waals surface area contributed by atoms with E-state index in [4.69, 9.17) is 15.5 Å². The van der Waals surface area contributed by atoms with Crippen LogP contribution in [-0.2, 0) is 16.1 Å². The van der Waals surface area contributed by atoms with Gasteiger partial charge in [0, 0.05) is 25.3 Å². The summed E-state index contributed by atoms with van der Waals surface area (Å²) in [5.74, 6) is 0.956. The highest BCUT2D eigenvalue weighted by Crippen LogP contribution is 2.23. The zero-order valence-electron chi connectivity index (χ0n) is 17.0. The van der Waals surface area contributed by atoms with Crippen LogP contribution in [0.2, 0.25) is 0 Å². The Hall–Kier alpha value is -2.70. The minimum absolute atomic E-state index is 0.0935. The lowest BCUT2D eigenvalue weighted by Crippen LogP contribution is -2.46. The summed E-state index contributed by atoms with van der Waals surface area (Å²) in [6.45, 7) is 6.04. The van der Waals surface area contributed by atoms with E-state index in [2.05, 4.69) is 36.3 Å². The van der Waals surface area contributed by atoms with Gasteiger partial charge in [-0.25, -0.2) is 4.98 Å². The Morgan fingerprint density at radius 2 is 1.90 bits per heavy atom. The third-order valence-electron chi connectivity index (χ3n) is 5.87. The molecule has 1 unspecified atom stereocenters. The second-order valence-electron chi connectivity index (χ2n) is 7.93. The first-order valence-corrected chi connectivity index (χ1v) is 10.2. The summed E-state index contributed by atoms with van der Waals surface area (Å²) in [6.07, 6.45) is 1.69. The van der Waals surface area contributed by atoms with Crippen molar-refractivity contribution < 1.29 is 9.53 Å². The zero-order chi connectivity index (χ0) is 20.4. The topological polar surface area (TPSA) is 93.0 Å². The van der Waals surface area contributed by atoms with Gasteiger partial charge in [0.05, 0.1) is 17.1 Å². The van der Waals surface area contributed by atoms with Crippen LogP contribution in [0, 0.1) is 19.8 Å². The highest BCUT2D eigenvalue weighted by molar-refractivity contribution is 5.82. The Kier molecular flexibility index (Phi) is 5.65. The van der Waals surface area contributed by atoms with Crippen LogP contribution in [-0.4, -0.2) is 35.1 Å². The van der Waals surface area contributed by atoms with Crippen molar-refractivity contribution in [1.29, 1.82) is 0 Å². The molecular formula is C23H28N4O2.